The van der Waals surface area contributed by atoms with Gasteiger partial charge in [0.15, 0.2) is 11.5 Å². The Bertz CT molecular complexity index is 932. The van der Waals surface area contributed by atoms with Crippen molar-refractivity contribution in [2.45, 2.75) is 105 Å². The molecule has 11 heteroatoms. The first-order valence-electron chi connectivity index (χ1n) is 12.4. The van der Waals surface area contributed by atoms with E-state index in [2.05, 4.69) is 5.32 Å². The van der Waals surface area contributed by atoms with E-state index in [4.69, 9.17) is 23.7 Å². The Labute approximate surface area is 217 Å². The molecule has 2 unspecified atom stereocenters. The third-order valence-corrected chi connectivity index (χ3v) is 5.02. The standard InChI is InChI=1S/C26H39NO10/c1-8-10-17(5)33-24(31)35-21-13-12-20(14-22(21)36-25(32)34-18(6)11-9-2)15-26(23(29)30,27-16(3)4)37-19(7)28/h12-14,16-18,27H,8-11,15H2,1-7H3,(H,29,30)/t17?,18?,26-/m0/s1. The molecule has 0 aliphatic heterocycles. The van der Waals surface area contributed by atoms with Gasteiger partial charge in [-0.15, -0.1) is 0 Å². The van der Waals surface area contributed by atoms with Crippen LogP contribution in [0.15, 0.2) is 18.2 Å². The lowest BCUT2D eigenvalue weighted by Gasteiger charge is -2.32. The number of rotatable bonds is 14. The smallest absolute Gasteiger partial charge is 0.477 e. The van der Waals surface area contributed by atoms with Gasteiger partial charge in [0.25, 0.3) is 5.72 Å². The second-order valence-corrected chi connectivity index (χ2v) is 9.12. The lowest BCUT2D eigenvalue weighted by atomic mass is 10.0. The third-order valence-electron chi connectivity index (χ3n) is 5.02. The van der Waals surface area contributed by atoms with Crippen LogP contribution in [-0.4, -0.2) is 53.3 Å². The van der Waals surface area contributed by atoms with E-state index >= 15 is 0 Å². The van der Waals surface area contributed by atoms with E-state index in [1.165, 1.54) is 18.2 Å². The van der Waals surface area contributed by atoms with Crippen molar-refractivity contribution in [1.82, 2.24) is 5.32 Å². The predicted octanol–water partition coefficient (Wildman–Crippen LogP) is 4.98. The molecule has 0 aromatic heterocycles. The largest absolute Gasteiger partial charge is 0.514 e. The maximum atomic E-state index is 12.4. The molecule has 0 spiro atoms. The van der Waals surface area contributed by atoms with Gasteiger partial charge in [-0.1, -0.05) is 32.8 Å². The summed E-state index contributed by atoms with van der Waals surface area (Å²) in [6.07, 6.45) is -0.302. The van der Waals surface area contributed by atoms with Crippen molar-refractivity contribution in [3.05, 3.63) is 23.8 Å². The summed E-state index contributed by atoms with van der Waals surface area (Å²) in [5, 5.41) is 12.7. The highest BCUT2D eigenvalue weighted by Gasteiger charge is 2.43. The third kappa shape index (κ3) is 11.1. The molecule has 0 bridgehead atoms. The number of hydrogen-bond acceptors (Lipinski definition) is 10. The van der Waals surface area contributed by atoms with Crippen molar-refractivity contribution in [3.8, 4) is 11.5 Å². The first-order chi connectivity index (χ1) is 17.3. The van der Waals surface area contributed by atoms with Crippen LogP contribution >= 0.6 is 0 Å². The average Bonchev–Trinajstić information content (AvgIpc) is 2.74. The molecule has 11 nitrogen and oxygen atoms in total. The lowest BCUT2D eigenvalue weighted by molar-refractivity contribution is -0.182. The molecule has 0 heterocycles. The van der Waals surface area contributed by atoms with E-state index in [1.807, 2.05) is 13.8 Å². The summed E-state index contributed by atoms with van der Waals surface area (Å²) in [5.74, 6) is -2.55. The van der Waals surface area contributed by atoms with E-state index in [0.717, 1.165) is 19.8 Å². The number of ether oxygens (including phenoxy) is 5. The second-order valence-electron chi connectivity index (χ2n) is 9.12. The zero-order valence-electron chi connectivity index (χ0n) is 22.6. The quantitative estimate of drug-likeness (QED) is 0.147. The number of nitrogens with one attached hydrogen (secondary N) is 1. The summed E-state index contributed by atoms with van der Waals surface area (Å²) in [4.78, 5) is 48.6. The Morgan fingerprint density at radius 1 is 0.892 bits per heavy atom. The Kier molecular flexibility index (Phi) is 12.9. The molecular weight excluding hydrogens is 486 g/mol. The van der Waals surface area contributed by atoms with Crippen molar-refractivity contribution >= 4 is 24.2 Å². The molecule has 0 radical (unpaired) electrons. The average molecular weight is 526 g/mol. The van der Waals surface area contributed by atoms with Crippen LogP contribution in [0.5, 0.6) is 11.5 Å². The Morgan fingerprint density at radius 3 is 1.84 bits per heavy atom. The summed E-state index contributed by atoms with van der Waals surface area (Å²) < 4.78 is 26.2. The maximum Gasteiger partial charge on any atom is 0.514 e. The van der Waals surface area contributed by atoms with Gasteiger partial charge in [-0.2, -0.15) is 0 Å². The normalized spacial score (nSPS) is 14.2. The molecule has 0 saturated carbocycles. The number of benzene rings is 1. The fraction of sp³-hybridized carbons (Fsp3) is 0.615. The van der Waals surface area contributed by atoms with Crippen LogP contribution < -0.4 is 14.8 Å². The van der Waals surface area contributed by atoms with Crippen molar-refractivity contribution in [2.24, 2.45) is 0 Å². The predicted molar refractivity (Wildman–Crippen MR) is 134 cm³/mol. The fourth-order valence-corrected chi connectivity index (χ4v) is 3.61. The topological polar surface area (TPSA) is 147 Å². The molecule has 2 N–H and O–H groups in total. The van der Waals surface area contributed by atoms with Crippen LogP contribution in [0.3, 0.4) is 0 Å². The molecule has 1 aromatic carbocycles. The number of carbonyl (C=O) groups excluding carboxylic acids is 3. The first kappa shape index (κ1) is 31.7. The Hall–Kier alpha value is -3.34. The lowest BCUT2D eigenvalue weighted by Crippen LogP contribution is -2.59. The van der Waals surface area contributed by atoms with Gasteiger partial charge in [0.1, 0.15) is 12.2 Å². The van der Waals surface area contributed by atoms with Crippen molar-refractivity contribution in [3.63, 3.8) is 0 Å². The van der Waals surface area contributed by atoms with Crippen molar-refractivity contribution < 1.29 is 48.0 Å². The van der Waals surface area contributed by atoms with Gasteiger partial charge in [0, 0.05) is 19.4 Å². The van der Waals surface area contributed by atoms with Crippen LogP contribution in [0, 0.1) is 0 Å². The molecule has 0 amide bonds. The van der Waals surface area contributed by atoms with Gasteiger partial charge < -0.3 is 28.8 Å². The van der Waals surface area contributed by atoms with Crippen LogP contribution in [0.2, 0.25) is 0 Å². The minimum absolute atomic E-state index is 0.136. The Balaban J connectivity index is 3.34. The Morgan fingerprint density at radius 2 is 1.41 bits per heavy atom. The molecule has 1 aromatic rings. The summed E-state index contributed by atoms with van der Waals surface area (Å²) in [6.45, 7) is 11.8. The fourth-order valence-electron chi connectivity index (χ4n) is 3.61. The SMILES string of the molecule is CCCC(C)OC(=O)Oc1ccc(C[C@](NC(C)C)(OC(C)=O)C(=O)O)cc1OC(=O)OC(C)CCC. The van der Waals surface area contributed by atoms with Gasteiger partial charge in [-0.3, -0.25) is 10.1 Å². The summed E-state index contributed by atoms with van der Waals surface area (Å²) in [7, 11) is 0. The van der Waals surface area contributed by atoms with Crippen LogP contribution in [0.4, 0.5) is 9.59 Å². The molecule has 3 atom stereocenters. The number of esters is 1. The molecule has 1 rings (SSSR count). The highest BCUT2D eigenvalue weighted by atomic mass is 16.7. The minimum Gasteiger partial charge on any atom is -0.477 e. The van der Waals surface area contributed by atoms with Crippen molar-refractivity contribution in [2.75, 3.05) is 0 Å². The molecular formula is C26H39NO10. The maximum absolute atomic E-state index is 12.4. The van der Waals surface area contributed by atoms with Crippen LogP contribution in [0.1, 0.15) is 79.7 Å². The summed E-state index contributed by atoms with van der Waals surface area (Å²) in [6, 6.07) is 3.74. The molecule has 0 aliphatic rings. The van der Waals surface area contributed by atoms with Gasteiger partial charge >= 0.3 is 24.2 Å². The van der Waals surface area contributed by atoms with E-state index in [0.29, 0.717) is 18.4 Å². The van der Waals surface area contributed by atoms with E-state index in [-0.39, 0.29) is 30.1 Å². The highest BCUT2D eigenvalue weighted by Crippen LogP contribution is 2.31. The van der Waals surface area contributed by atoms with Crippen LogP contribution in [0.25, 0.3) is 0 Å². The zero-order valence-corrected chi connectivity index (χ0v) is 22.6. The summed E-state index contributed by atoms with van der Waals surface area (Å²) in [5.41, 5.74) is -1.79. The van der Waals surface area contributed by atoms with Gasteiger partial charge in [0.2, 0.25) is 0 Å². The second kappa shape index (κ2) is 15.0. The first-order valence-corrected chi connectivity index (χ1v) is 12.4. The van der Waals surface area contributed by atoms with Crippen molar-refractivity contribution in [1.29, 1.82) is 0 Å². The molecule has 0 saturated heterocycles. The van der Waals surface area contributed by atoms with E-state index in [1.54, 1.807) is 27.7 Å². The number of carboxylic acids is 1. The van der Waals surface area contributed by atoms with Gasteiger partial charge in [-0.05, 0) is 58.2 Å². The number of aliphatic carboxylic acids is 1. The number of carbonyl (C=O) groups is 4. The van der Waals surface area contributed by atoms with E-state index < -0.39 is 36.1 Å². The van der Waals surface area contributed by atoms with Gasteiger partial charge in [-0.25, -0.2) is 14.4 Å². The van der Waals surface area contributed by atoms with E-state index in [9.17, 15) is 24.3 Å². The molecule has 37 heavy (non-hydrogen) atoms. The highest BCUT2D eigenvalue weighted by molar-refractivity contribution is 5.81. The van der Waals surface area contributed by atoms with Gasteiger partial charge in [0.05, 0.1) is 0 Å². The molecule has 0 fully saturated rings. The minimum atomic E-state index is -2.09. The number of hydrogen-bond donors (Lipinski definition) is 2. The molecule has 0 aliphatic carbocycles. The summed E-state index contributed by atoms with van der Waals surface area (Å²) >= 11 is 0. The number of carboxylic acid groups (broad SMARTS) is 1. The molecule has 208 valence electrons. The zero-order chi connectivity index (χ0) is 28.2. The van der Waals surface area contributed by atoms with Crippen LogP contribution in [-0.2, 0) is 30.2 Å². The monoisotopic (exact) mass is 525 g/mol.